The molecule has 0 bridgehead atoms. The van der Waals surface area contributed by atoms with E-state index in [4.69, 9.17) is 23.2 Å². The maximum Gasteiger partial charge on any atom is 0.243 e. The minimum Gasteiger partial charge on any atom is -0.354 e. The molecular weight excluding hydrogens is 479 g/mol. The molecule has 0 saturated carbocycles. The molecule has 3 aromatic rings. The van der Waals surface area contributed by atoms with Gasteiger partial charge in [-0.15, -0.1) is 0 Å². The molecule has 0 radical (unpaired) electrons. The van der Waals surface area contributed by atoms with Gasteiger partial charge in [0.1, 0.15) is 6.04 Å². The summed E-state index contributed by atoms with van der Waals surface area (Å²) in [5, 5.41) is 4.03. The van der Waals surface area contributed by atoms with Crippen LogP contribution in [-0.2, 0) is 29.0 Å². The number of carbonyl (C=O) groups excluding carboxylic acids is 2. The number of rotatable bonds is 11. The molecule has 0 fully saturated rings. The number of hydrogen-bond acceptors (Lipinski definition) is 2. The van der Waals surface area contributed by atoms with Gasteiger partial charge in [0, 0.05) is 36.0 Å². The van der Waals surface area contributed by atoms with Crippen molar-refractivity contribution >= 4 is 35.0 Å². The summed E-state index contributed by atoms with van der Waals surface area (Å²) in [5.41, 5.74) is 2.81. The number of nitrogens with zero attached hydrogens (tertiary/aromatic N) is 1. The van der Waals surface area contributed by atoms with Gasteiger partial charge in [-0.05, 0) is 41.2 Å². The van der Waals surface area contributed by atoms with Gasteiger partial charge in [0.25, 0.3) is 0 Å². The van der Waals surface area contributed by atoms with Crippen molar-refractivity contribution < 1.29 is 9.59 Å². The number of benzene rings is 3. The molecule has 0 heterocycles. The average molecular weight is 511 g/mol. The maximum absolute atomic E-state index is 13.7. The van der Waals surface area contributed by atoms with Gasteiger partial charge in [-0.3, -0.25) is 9.59 Å². The van der Waals surface area contributed by atoms with Crippen molar-refractivity contribution in [3.8, 4) is 0 Å². The van der Waals surface area contributed by atoms with Gasteiger partial charge in [-0.1, -0.05) is 104 Å². The Kier molecular flexibility index (Phi) is 10.2. The minimum atomic E-state index is -0.675. The van der Waals surface area contributed by atoms with E-state index in [1.165, 1.54) is 0 Å². The summed E-state index contributed by atoms with van der Waals surface area (Å²) in [6, 6.07) is 24.2. The van der Waals surface area contributed by atoms with Crippen LogP contribution in [0.2, 0.25) is 10.0 Å². The molecule has 0 aliphatic carbocycles. The number of halogens is 2. The average Bonchev–Trinajstić information content (AvgIpc) is 2.85. The van der Waals surface area contributed by atoms with E-state index < -0.39 is 6.04 Å². The number of nitrogens with one attached hydrogen (secondary N) is 1. The number of hydrogen-bond donors (Lipinski definition) is 1. The molecule has 0 aliphatic heterocycles. The second kappa shape index (κ2) is 13.3. The summed E-state index contributed by atoms with van der Waals surface area (Å²) in [6.45, 7) is 4.85. The van der Waals surface area contributed by atoms with Crippen LogP contribution in [0.15, 0.2) is 78.9 Å². The summed E-state index contributed by atoms with van der Waals surface area (Å²) in [5.74, 6) is 0.0328. The molecule has 184 valence electrons. The van der Waals surface area contributed by atoms with Crippen molar-refractivity contribution in [1.29, 1.82) is 0 Å². The van der Waals surface area contributed by atoms with E-state index in [1.54, 1.807) is 17.0 Å². The summed E-state index contributed by atoms with van der Waals surface area (Å²) < 4.78 is 0. The summed E-state index contributed by atoms with van der Waals surface area (Å²) in [6.07, 6.45) is 1.29. The van der Waals surface area contributed by atoms with Crippen LogP contribution in [0.3, 0.4) is 0 Å². The van der Waals surface area contributed by atoms with Crippen LogP contribution in [0.5, 0.6) is 0 Å². The van der Waals surface area contributed by atoms with Crippen molar-refractivity contribution in [2.75, 3.05) is 6.54 Å². The first kappa shape index (κ1) is 26.8. The monoisotopic (exact) mass is 510 g/mol. The third kappa shape index (κ3) is 8.41. The molecule has 0 unspecified atom stereocenters. The van der Waals surface area contributed by atoms with Crippen molar-refractivity contribution in [2.24, 2.45) is 5.92 Å². The van der Waals surface area contributed by atoms with E-state index in [9.17, 15) is 9.59 Å². The van der Waals surface area contributed by atoms with E-state index in [0.717, 1.165) is 16.7 Å². The molecule has 1 atom stereocenters. The highest BCUT2D eigenvalue weighted by Crippen LogP contribution is 2.24. The Morgan fingerprint density at radius 1 is 0.886 bits per heavy atom. The van der Waals surface area contributed by atoms with Gasteiger partial charge in [-0.2, -0.15) is 0 Å². The quantitative estimate of drug-likeness (QED) is 0.327. The lowest BCUT2D eigenvalue weighted by Crippen LogP contribution is -2.51. The third-order valence-corrected chi connectivity index (χ3v) is 6.37. The van der Waals surface area contributed by atoms with Crippen molar-refractivity contribution in [3.63, 3.8) is 0 Å². The summed E-state index contributed by atoms with van der Waals surface area (Å²) >= 11 is 12.6. The van der Waals surface area contributed by atoms with E-state index in [2.05, 4.69) is 5.32 Å². The molecule has 0 aliphatic rings. The first-order valence-electron chi connectivity index (χ1n) is 11.9. The Labute approximate surface area is 218 Å². The van der Waals surface area contributed by atoms with Gasteiger partial charge in [0.15, 0.2) is 0 Å². The predicted octanol–water partition coefficient (Wildman–Crippen LogP) is 6.34. The van der Waals surface area contributed by atoms with Crippen molar-refractivity contribution in [2.45, 2.75) is 45.7 Å². The van der Waals surface area contributed by atoms with Gasteiger partial charge < -0.3 is 10.2 Å². The van der Waals surface area contributed by atoms with E-state index >= 15 is 0 Å². The van der Waals surface area contributed by atoms with Gasteiger partial charge >= 0.3 is 0 Å². The fourth-order valence-electron chi connectivity index (χ4n) is 3.85. The fraction of sp³-hybridized carbons (Fsp3) is 0.310. The summed E-state index contributed by atoms with van der Waals surface area (Å²) in [4.78, 5) is 28.8. The number of amides is 2. The topological polar surface area (TPSA) is 49.4 Å². The normalized spacial score (nSPS) is 11.8. The SMILES string of the molecule is CC(C)CNC(=O)[C@H](Cc1ccccc1)N(Cc1ccc(Cl)cc1Cl)C(=O)CCc1ccccc1. The lowest BCUT2D eigenvalue weighted by atomic mass is 10.0. The molecule has 35 heavy (non-hydrogen) atoms. The van der Waals surface area contributed by atoms with Crippen LogP contribution in [0, 0.1) is 5.92 Å². The number of aryl methyl sites for hydroxylation is 1. The maximum atomic E-state index is 13.7. The van der Waals surface area contributed by atoms with Crippen molar-refractivity contribution in [3.05, 3.63) is 106 Å². The smallest absolute Gasteiger partial charge is 0.243 e. The standard InChI is InChI=1S/C29H32Cl2N2O2/c1-21(2)19-32-29(35)27(17-23-11-7-4-8-12-23)33(20-24-14-15-25(30)18-26(24)31)28(34)16-13-22-9-5-3-6-10-22/h3-12,14-15,18,21,27H,13,16-17,19-20H2,1-2H3,(H,32,35)/t27-/m0/s1. The van der Waals surface area contributed by atoms with Gasteiger partial charge in [0.2, 0.25) is 11.8 Å². The van der Waals surface area contributed by atoms with E-state index in [0.29, 0.717) is 35.3 Å². The first-order chi connectivity index (χ1) is 16.8. The molecule has 0 spiro atoms. The second-order valence-corrected chi connectivity index (χ2v) is 9.93. The molecule has 0 aromatic heterocycles. The van der Waals surface area contributed by atoms with Gasteiger partial charge in [-0.25, -0.2) is 0 Å². The Hall–Kier alpha value is -2.82. The molecular formula is C29H32Cl2N2O2. The minimum absolute atomic E-state index is 0.0968. The highest BCUT2D eigenvalue weighted by atomic mass is 35.5. The summed E-state index contributed by atoms with van der Waals surface area (Å²) in [7, 11) is 0. The lowest BCUT2D eigenvalue weighted by Gasteiger charge is -2.32. The van der Waals surface area contributed by atoms with Crippen LogP contribution in [0.1, 0.15) is 37.0 Å². The molecule has 1 N–H and O–H groups in total. The van der Waals surface area contributed by atoms with E-state index in [1.807, 2.05) is 80.6 Å². The Bertz CT molecular complexity index is 1100. The van der Waals surface area contributed by atoms with Gasteiger partial charge in [0.05, 0.1) is 0 Å². The molecule has 2 amide bonds. The van der Waals surface area contributed by atoms with Crippen LogP contribution in [0.4, 0.5) is 0 Å². The van der Waals surface area contributed by atoms with Crippen LogP contribution >= 0.6 is 23.2 Å². The zero-order chi connectivity index (χ0) is 25.2. The third-order valence-electron chi connectivity index (χ3n) is 5.78. The lowest BCUT2D eigenvalue weighted by molar-refractivity contribution is -0.141. The Morgan fingerprint density at radius 2 is 1.51 bits per heavy atom. The highest BCUT2D eigenvalue weighted by Gasteiger charge is 2.30. The first-order valence-corrected chi connectivity index (χ1v) is 12.7. The number of carbonyl (C=O) groups is 2. The largest absolute Gasteiger partial charge is 0.354 e. The van der Waals surface area contributed by atoms with Crippen LogP contribution in [0.25, 0.3) is 0 Å². The Balaban J connectivity index is 1.92. The molecule has 3 aromatic carbocycles. The molecule has 0 saturated heterocycles. The Morgan fingerprint density at radius 3 is 2.11 bits per heavy atom. The van der Waals surface area contributed by atoms with Crippen LogP contribution in [-0.4, -0.2) is 29.3 Å². The second-order valence-electron chi connectivity index (χ2n) is 9.09. The zero-order valence-corrected chi connectivity index (χ0v) is 21.7. The highest BCUT2D eigenvalue weighted by molar-refractivity contribution is 6.35. The predicted molar refractivity (Wildman–Crippen MR) is 144 cm³/mol. The zero-order valence-electron chi connectivity index (χ0n) is 20.2. The van der Waals surface area contributed by atoms with E-state index in [-0.39, 0.29) is 24.8 Å². The van der Waals surface area contributed by atoms with Crippen LogP contribution < -0.4 is 5.32 Å². The molecule has 3 rings (SSSR count). The fourth-order valence-corrected chi connectivity index (χ4v) is 4.32. The van der Waals surface area contributed by atoms with Crippen molar-refractivity contribution in [1.82, 2.24) is 10.2 Å². The molecule has 6 heteroatoms. The molecule has 4 nitrogen and oxygen atoms in total.